The van der Waals surface area contributed by atoms with Gasteiger partial charge in [-0.25, -0.2) is 9.97 Å². The minimum atomic E-state index is -0.0208. The van der Waals surface area contributed by atoms with Gasteiger partial charge in [0.1, 0.15) is 11.6 Å². The molecule has 0 aliphatic carbocycles. The standard InChI is InChI=1S/C25H29N5O3/c1-4-7-17-14-18(15-21(32-2)23(17)33-3)25(31)30-12-10-29(11-13-30)16-22-27-20-9-6-5-8-19(20)24(26)28-22/h4-9,14-15H,10-13,16H2,1-3H3,(H2,26,27,28)/b7-4+. The van der Waals surface area contributed by atoms with Crippen LogP contribution in [-0.4, -0.2) is 66.1 Å². The highest BCUT2D eigenvalue weighted by molar-refractivity contribution is 5.96. The van der Waals surface area contributed by atoms with Crippen LogP contribution in [0.25, 0.3) is 17.0 Å². The lowest BCUT2D eigenvalue weighted by Gasteiger charge is -2.34. The molecule has 1 fully saturated rings. The number of carbonyl (C=O) groups is 1. The van der Waals surface area contributed by atoms with Crippen LogP contribution in [0.4, 0.5) is 5.82 Å². The number of nitrogen functional groups attached to an aromatic ring is 1. The van der Waals surface area contributed by atoms with Crippen LogP contribution in [-0.2, 0) is 6.54 Å². The predicted molar refractivity (Wildman–Crippen MR) is 129 cm³/mol. The number of ether oxygens (including phenoxy) is 2. The number of aromatic nitrogens is 2. The SMILES string of the molecule is C/C=C/c1cc(C(=O)N2CCN(Cc3nc(N)c4ccccc4n3)CC2)cc(OC)c1OC. The van der Waals surface area contributed by atoms with Crippen LogP contribution in [0.2, 0.25) is 0 Å². The van der Waals surface area contributed by atoms with Crippen LogP contribution in [0, 0.1) is 0 Å². The Balaban J connectivity index is 1.45. The summed E-state index contributed by atoms with van der Waals surface area (Å²) < 4.78 is 10.9. The summed E-state index contributed by atoms with van der Waals surface area (Å²) in [5.41, 5.74) is 8.36. The molecule has 2 N–H and O–H groups in total. The minimum absolute atomic E-state index is 0.0208. The van der Waals surface area contributed by atoms with E-state index in [2.05, 4.69) is 14.9 Å². The fourth-order valence-corrected chi connectivity index (χ4v) is 4.13. The molecule has 0 bridgehead atoms. The highest BCUT2D eigenvalue weighted by Gasteiger charge is 2.24. The number of rotatable bonds is 6. The second-order valence-electron chi connectivity index (χ2n) is 7.91. The topological polar surface area (TPSA) is 93.8 Å². The van der Waals surface area contributed by atoms with E-state index < -0.39 is 0 Å². The third kappa shape index (κ3) is 4.75. The Hall–Kier alpha value is -3.65. The number of anilines is 1. The van der Waals surface area contributed by atoms with E-state index in [1.54, 1.807) is 20.3 Å². The van der Waals surface area contributed by atoms with E-state index in [0.29, 0.717) is 48.3 Å². The van der Waals surface area contributed by atoms with Gasteiger partial charge in [-0.1, -0.05) is 24.3 Å². The van der Waals surface area contributed by atoms with Gasteiger partial charge in [-0.3, -0.25) is 9.69 Å². The number of nitrogens with two attached hydrogens (primary N) is 1. The van der Waals surface area contributed by atoms with E-state index >= 15 is 0 Å². The van der Waals surface area contributed by atoms with E-state index in [-0.39, 0.29) is 5.91 Å². The lowest BCUT2D eigenvalue weighted by atomic mass is 10.1. The molecule has 8 nitrogen and oxygen atoms in total. The van der Waals surface area contributed by atoms with Crippen molar-refractivity contribution in [3.05, 3.63) is 59.4 Å². The molecule has 4 rings (SSSR count). The monoisotopic (exact) mass is 447 g/mol. The van der Waals surface area contributed by atoms with Gasteiger partial charge in [-0.15, -0.1) is 0 Å². The van der Waals surface area contributed by atoms with Crippen molar-refractivity contribution in [2.75, 3.05) is 46.1 Å². The molecule has 0 saturated carbocycles. The average Bonchev–Trinajstić information content (AvgIpc) is 2.84. The van der Waals surface area contributed by atoms with E-state index in [9.17, 15) is 4.79 Å². The fourth-order valence-electron chi connectivity index (χ4n) is 4.13. The normalized spacial score (nSPS) is 14.7. The summed E-state index contributed by atoms with van der Waals surface area (Å²) in [7, 11) is 3.17. The lowest BCUT2D eigenvalue weighted by molar-refractivity contribution is 0.0625. The Morgan fingerprint density at radius 2 is 1.85 bits per heavy atom. The summed E-state index contributed by atoms with van der Waals surface area (Å²) in [6.45, 7) is 5.23. The quantitative estimate of drug-likeness (QED) is 0.620. The number of hydrogen-bond acceptors (Lipinski definition) is 7. The molecule has 2 aromatic carbocycles. The molecule has 1 aromatic heterocycles. The Bertz CT molecular complexity index is 1190. The largest absolute Gasteiger partial charge is 0.493 e. The van der Waals surface area contributed by atoms with Crippen molar-refractivity contribution in [3.8, 4) is 11.5 Å². The number of amides is 1. The summed E-state index contributed by atoms with van der Waals surface area (Å²) in [6.07, 6.45) is 3.82. The van der Waals surface area contributed by atoms with Gasteiger partial charge in [0.25, 0.3) is 5.91 Å². The minimum Gasteiger partial charge on any atom is -0.493 e. The zero-order valence-electron chi connectivity index (χ0n) is 19.2. The summed E-state index contributed by atoms with van der Waals surface area (Å²) in [6, 6.07) is 11.3. The molecule has 172 valence electrons. The number of para-hydroxylation sites is 1. The molecule has 2 heterocycles. The number of piperazine rings is 1. The van der Waals surface area contributed by atoms with E-state index in [0.717, 1.165) is 29.6 Å². The molecular weight excluding hydrogens is 418 g/mol. The molecule has 8 heteroatoms. The zero-order chi connectivity index (χ0) is 23.4. The molecular formula is C25H29N5O3. The first-order valence-corrected chi connectivity index (χ1v) is 11.0. The summed E-state index contributed by atoms with van der Waals surface area (Å²) in [4.78, 5) is 26.5. The summed E-state index contributed by atoms with van der Waals surface area (Å²) >= 11 is 0. The maximum atomic E-state index is 13.2. The molecule has 0 atom stereocenters. The second kappa shape index (κ2) is 9.87. The van der Waals surface area contributed by atoms with Crippen LogP contribution in [0.5, 0.6) is 11.5 Å². The number of carbonyl (C=O) groups excluding carboxylic acids is 1. The Labute approximate surface area is 193 Å². The molecule has 1 saturated heterocycles. The molecule has 33 heavy (non-hydrogen) atoms. The number of fused-ring (bicyclic) bond motifs is 1. The van der Waals surface area contributed by atoms with Crippen molar-refractivity contribution in [1.29, 1.82) is 0 Å². The Kier molecular flexibility index (Phi) is 6.74. The van der Waals surface area contributed by atoms with Gasteiger partial charge in [0.15, 0.2) is 11.5 Å². The van der Waals surface area contributed by atoms with Crippen LogP contribution >= 0.6 is 0 Å². The smallest absolute Gasteiger partial charge is 0.254 e. The maximum Gasteiger partial charge on any atom is 0.254 e. The van der Waals surface area contributed by atoms with Gasteiger partial charge in [0, 0.05) is 42.7 Å². The molecule has 0 radical (unpaired) electrons. The molecule has 3 aromatic rings. The predicted octanol–water partition coefficient (Wildman–Crippen LogP) is 3.22. The number of allylic oxidation sites excluding steroid dienone is 1. The molecule has 1 aliphatic heterocycles. The molecule has 0 unspecified atom stereocenters. The Morgan fingerprint density at radius 1 is 1.09 bits per heavy atom. The van der Waals surface area contributed by atoms with Gasteiger partial charge in [-0.2, -0.15) is 0 Å². The van der Waals surface area contributed by atoms with Crippen LogP contribution < -0.4 is 15.2 Å². The molecule has 0 spiro atoms. The van der Waals surface area contributed by atoms with Crippen molar-refractivity contribution in [2.24, 2.45) is 0 Å². The van der Waals surface area contributed by atoms with Crippen LogP contribution in [0.15, 0.2) is 42.5 Å². The van der Waals surface area contributed by atoms with E-state index in [1.165, 1.54) is 0 Å². The third-order valence-electron chi connectivity index (χ3n) is 5.80. The van der Waals surface area contributed by atoms with Crippen molar-refractivity contribution in [1.82, 2.24) is 19.8 Å². The van der Waals surface area contributed by atoms with Crippen LogP contribution in [0.1, 0.15) is 28.7 Å². The first-order chi connectivity index (χ1) is 16.0. The highest BCUT2D eigenvalue weighted by atomic mass is 16.5. The van der Waals surface area contributed by atoms with Gasteiger partial charge < -0.3 is 20.1 Å². The Morgan fingerprint density at radius 3 is 2.55 bits per heavy atom. The number of methoxy groups -OCH3 is 2. The van der Waals surface area contributed by atoms with Crippen molar-refractivity contribution in [3.63, 3.8) is 0 Å². The van der Waals surface area contributed by atoms with Gasteiger partial charge in [0.05, 0.1) is 26.3 Å². The first kappa shape index (κ1) is 22.5. The molecule has 1 amide bonds. The average molecular weight is 448 g/mol. The first-order valence-electron chi connectivity index (χ1n) is 11.0. The van der Waals surface area contributed by atoms with Gasteiger partial charge in [-0.05, 0) is 31.2 Å². The maximum absolute atomic E-state index is 13.2. The summed E-state index contributed by atoms with van der Waals surface area (Å²) in [5.74, 6) is 2.33. The third-order valence-corrected chi connectivity index (χ3v) is 5.80. The van der Waals surface area contributed by atoms with Gasteiger partial charge in [0.2, 0.25) is 0 Å². The van der Waals surface area contributed by atoms with Crippen molar-refractivity contribution < 1.29 is 14.3 Å². The van der Waals surface area contributed by atoms with E-state index in [1.807, 2.05) is 54.3 Å². The van der Waals surface area contributed by atoms with Gasteiger partial charge >= 0.3 is 0 Å². The zero-order valence-corrected chi connectivity index (χ0v) is 19.2. The van der Waals surface area contributed by atoms with Crippen molar-refractivity contribution in [2.45, 2.75) is 13.5 Å². The lowest BCUT2D eigenvalue weighted by Crippen LogP contribution is -2.48. The van der Waals surface area contributed by atoms with Crippen molar-refractivity contribution >= 4 is 28.7 Å². The number of benzene rings is 2. The van der Waals surface area contributed by atoms with E-state index in [4.69, 9.17) is 15.2 Å². The highest BCUT2D eigenvalue weighted by Crippen LogP contribution is 2.34. The second-order valence-corrected chi connectivity index (χ2v) is 7.91. The van der Waals surface area contributed by atoms with Crippen LogP contribution in [0.3, 0.4) is 0 Å². The number of nitrogens with zero attached hydrogens (tertiary/aromatic N) is 4. The summed E-state index contributed by atoms with van der Waals surface area (Å²) in [5, 5.41) is 0.865. The number of hydrogen-bond donors (Lipinski definition) is 1. The fraction of sp³-hybridized carbons (Fsp3) is 0.320. The molecule has 1 aliphatic rings.